The summed E-state index contributed by atoms with van der Waals surface area (Å²) < 4.78 is 0. The Bertz CT molecular complexity index is 648. The average molecular weight is 314 g/mol. The fraction of sp³-hybridized carbons (Fsp3) is 0.176. The molecule has 0 saturated carbocycles. The normalized spacial score (nSPS) is 10.0. The van der Waals surface area contributed by atoms with E-state index in [-0.39, 0.29) is 11.8 Å². The van der Waals surface area contributed by atoms with Gasteiger partial charge in [-0.2, -0.15) is 0 Å². The average Bonchev–Trinajstić information content (AvgIpc) is 2.99. The van der Waals surface area contributed by atoms with Crippen molar-refractivity contribution in [3.8, 4) is 0 Å². The molecule has 0 aliphatic heterocycles. The topological polar surface area (TPSA) is 49.4 Å². The Kier molecular flexibility index (Phi) is 5.49. The highest BCUT2D eigenvalue weighted by atomic mass is 32.1. The van der Waals surface area contributed by atoms with Crippen LogP contribution in [0.15, 0.2) is 54.4 Å². The minimum Gasteiger partial charge on any atom is -0.330 e. The summed E-state index contributed by atoms with van der Waals surface area (Å²) in [4.78, 5) is 26.5. The Labute approximate surface area is 134 Å². The number of amides is 2. The molecular weight excluding hydrogens is 296 g/mol. The zero-order chi connectivity index (χ0) is 15.9. The number of carbonyl (C=O) groups excluding carboxylic acids is 2. The Morgan fingerprint density at radius 3 is 2.55 bits per heavy atom. The molecule has 0 unspecified atom stereocenters. The molecule has 0 atom stereocenters. The van der Waals surface area contributed by atoms with E-state index in [0.717, 1.165) is 4.88 Å². The van der Waals surface area contributed by atoms with Crippen molar-refractivity contribution in [2.45, 2.75) is 13.5 Å². The maximum Gasteiger partial charge on any atom is 0.254 e. The van der Waals surface area contributed by atoms with Crippen molar-refractivity contribution in [3.63, 3.8) is 0 Å². The van der Waals surface area contributed by atoms with Crippen LogP contribution >= 0.6 is 11.3 Å². The van der Waals surface area contributed by atoms with Gasteiger partial charge in [-0.3, -0.25) is 9.59 Å². The van der Waals surface area contributed by atoms with Gasteiger partial charge in [0.15, 0.2) is 0 Å². The number of anilines is 1. The van der Waals surface area contributed by atoms with Crippen LogP contribution in [-0.4, -0.2) is 23.3 Å². The summed E-state index contributed by atoms with van der Waals surface area (Å²) in [6.45, 7) is 6.22. The van der Waals surface area contributed by atoms with Crippen LogP contribution in [0.4, 0.5) is 5.69 Å². The first kappa shape index (κ1) is 16.0. The lowest BCUT2D eigenvalue weighted by atomic mass is 10.1. The van der Waals surface area contributed by atoms with Crippen LogP contribution in [0.2, 0.25) is 0 Å². The number of carbonyl (C=O) groups is 2. The minimum atomic E-state index is -0.134. The third-order valence-electron chi connectivity index (χ3n) is 3.02. The highest BCUT2D eigenvalue weighted by Crippen LogP contribution is 2.16. The Hall–Kier alpha value is -2.40. The maximum atomic E-state index is 12.6. The molecule has 1 aromatic heterocycles. The summed E-state index contributed by atoms with van der Waals surface area (Å²) in [5.41, 5.74) is 1.27. The van der Waals surface area contributed by atoms with Gasteiger partial charge in [-0.05, 0) is 35.7 Å². The summed E-state index contributed by atoms with van der Waals surface area (Å²) in [7, 11) is 0. The van der Waals surface area contributed by atoms with E-state index >= 15 is 0 Å². The van der Waals surface area contributed by atoms with Crippen molar-refractivity contribution >= 4 is 28.8 Å². The highest BCUT2D eigenvalue weighted by molar-refractivity contribution is 7.09. The van der Waals surface area contributed by atoms with Gasteiger partial charge in [0, 0.05) is 29.6 Å². The molecule has 114 valence electrons. The number of benzene rings is 1. The summed E-state index contributed by atoms with van der Waals surface area (Å²) in [5.74, 6) is -0.187. The van der Waals surface area contributed by atoms with Crippen LogP contribution in [-0.2, 0) is 11.3 Å². The lowest BCUT2D eigenvalue weighted by Gasteiger charge is -2.20. The molecule has 1 heterocycles. The van der Waals surface area contributed by atoms with Crippen LogP contribution in [0, 0.1) is 0 Å². The highest BCUT2D eigenvalue weighted by Gasteiger charge is 2.15. The standard InChI is InChI=1S/C17H18N2O2S/c1-3-10-19(12-16-5-4-11-22-16)17(21)14-6-8-15(9-7-14)18-13(2)20/h3-9,11H,1,10,12H2,2H3,(H,18,20). The van der Waals surface area contributed by atoms with Crippen LogP contribution in [0.25, 0.3) is 0 Å². The van der Waals surface area contributed by atoms with Crippen molar-refractivity contribution in [3.05, 3.63) is 64.9 Å². The van der Waals surface area contributed by atoms with E-state index < -0.39 is 0 Å². The van der Waals surface area contributed by atoms with Gasteiger partial charge in [0.2, 0.25) is 5.91 Å². The first-order chi connectivity index (χ1) is 10.6. The predicted molar refractivity (Wildman–Crippen MR) is 90.0 cm³/mol. The van der Waals surface area contributed by atoms with E-state index in [2.05, 4.69) is 11.9 Å². The van der Waals surface area contributed by atoms with Crippen LogP contribution in [0.1, 0.15) is 22.2 Å². The number of nitrogens with zero attached hydrogens (tertiary/aromatic N) is 1. The van der Waals surface area contributed by atoms with Gasteiger partial charge >= 0.3 is 0 Å². The molecule has 0 radical (unpaired) electrons. The molecule has 0 saturated heterocycles. The quantitative estimate of drug-likeness (QED) is 0.829. The minimum absolute atomic E-state index is 0.0531. The van der Waals surface area contributed by atoms with Gasteiger partial charge < -0.3 is 10.2 Å². The van der Waals surface area contributed by atoms with E-state index in [1.54, 1.807) is 46.6 Å². The van der Waals surface area contributed by atoms with Gasteiger partial charge in [-0.15, -0.1) is 17.9 Å². The van der Waals surface area contributed by atoms with Crippen LogP contribution in [0.3, 0.4) is 0 Å². The van der Waals surface area contributed by atoms with Crippen molar-refractivity contribution in [2.24, 2.45) is 0 Å². The van der Waals surface area contributed by atoms with Gasteiger partial charge in [-0.25, -0.2) is 0 Å². The van der Waals surface area contributed by atoms with Gasteiger partial charge in [-0.1, -0.05) is 12.1 Å². The molecule has 0 spiro atoms. The summed E-state index contributed by atoms with van der Waals surface area (Å²) in [6, 6.07) is 10.9. The molecule has 22 heavy (non-hydrogen) atoms. The van der Waals surface area contributed by atoms with E-state index in [0.29, 0.717) is 24.3 Å². The summed E-state index contributed by atoms with van der Waals surface area (Å²) in [5, 5.41) is 4.68. The second kappa shape index (κ2) is 7.56. The van der Waals surface area contributed by atoms with E-state index in [1.165, 1.54) is 6.92 Å². The largest absolute Gasteiger partial charge is 0.330 e. The molecule has 0 bridgehead atoms. The van der Waals surface area contributed by atoms with E-state index in [1.807, 2.05) is 17.5 Å². The van der Waals surface area contributed by atoms with Gasteiger partial charge in [0.1, 0.15) is 0 Å². The van der Waals surface area contributed by atoms with E-state index in [4.69, 9.17) is 0 Å². The third kappa shape index (κ3) is 4.30. The second-order valence-corrected chi connectivity index (χ2v) is 5.84. The lowest BCUT2D eigenvalue weighted by Crippen LogP contribution is -2.30. The zero-order valence-corrected chi connectivity index (χ0v) is 13.2. The number of rotatable bonds is 6. The van der Waals surface area contributed by atoms with Crippen LogP contribution in [0.5, 0.6) is 0 Å². The second-order valence-electron chi connectivity index (χ2n) is 4.81. The van der Waals surface area contributed by atoms with Gasteiger partial charge in [0.25, 0.3) is 5.91 Å². The maximum absolute atomic E-state index is 12.6. The Balaban J connectivity index is 2.12. The van der Waals surface area contributed by atoms with E-state index in [9.17, 15) is 9.59 Å². The number of nitrogens with one attached hydrogen (secondary N) is 1. The smallest absolute Gasteiger partial charge is 0.254 e. The molecule has 1 N–H and O–H groups in total. The zero-order valence-electron chi connectivity index (χ0n) is 12.4. The van der Waals surface area contributed by atoms with Crippen molar-refractivity contribution in [1.82, 2.24) is 4.90 Å². The Morgan fingerprint density at radius 1 is 1.27 bits per heavy atom. The van der Waals surface area contributed by atoms with Crippen molar-refractivity contribution in [1.29, 1.82) is 0 Å². The molecule has 5 heteroatoms. The van der Waals surface area contributed by atoms with Crippen LogP contribution < -0.4 is 5.32 Å². The molecule has 0 fully saturated rings. The molecule has 4 nitrogen and oxygen atoms in total. The fourth-order valence-electron chi connectivity index (χ4n) is 2.05. The molecule has 0 aliphatic carbocycles. The predicted octanol–water partition coefficient (Wildman–Crippen LogP) is 3.53. The first-order valence-electron chi connectivity index (χ1n) is 6.90. The molecule has 1 aromatic carbocycles. The van der Waals surface area contributed by atoms with Crippen molar-refractivity contribution < 1.29 is 9.59 Å². The number of thiophene rings is 1. The first-order valence-corrected chi connectivity index (χ1v) is 7.78. The van der Waals surface area contributed by atoms with Crippen molar-refractivity contribution in [2.75, 3.05) is 11.9 Å². The summed E-state index contributed by atoms with van der Waals surface area (Å²) >= 11 is 1.62. The third-order valence-corrected chi connectivity index (χ3v) is 3.88. The lowest BCUT2D eigenvalue weighted by molar-refractivity contribution is -0.114. The molecule has 0 aliphatic rings. The molecule has 2 aromatic rings. The number of hydrogen-bond acceptors (Lipinski definition) is 3. The Morgan fingerprint density at radius 2 is 2.00 bits per heavy atom. The molecule has 2 amide bonds. The number of hydrogen-bond donors (Lipinski definition) is 1. The monoisotopic (exact) mass is 314 g/mol. The molecule has 2 rings (SSSR count). The summed E-state index contributed by atoms with van der Waals surface area (Å²) in [6.07, 6.45) is 1.72. The molecular formula is C17H18N2O2S. The SMILES string of the molecule is C=CCN(Cc1cccs1)C(=O)c1ccc(NC(C)=O)cc1. The van der Waals surface area contributed by atoms with Gasteiger partial charge in [0.05, 0.1) is 6.54 Å². The fourth-order valence-corrected chi connectivity index (χ4v) is 2.77.